The number of benzene rings is 1. The molecule has 1 aromatic carbocycles. The highest BCUT2D eigenvalue weighted by atomic mass is 32.2. The summed E-state index contributed by atoms with van der Waals surface area (Å²) in [5.41, 5.74) is 6.49. The van der Waals surface area contributed by atoms with Crippen LogP contribution in [-0.2, 0) is 21.4 Å². The first-order valence-electron chi connectivity index (χ1n) is 7.94. The van der Waals surface area contributed by atoms with Crippen LogP contribution in [0.4, 0.5) is 0 Å². The van der Waals surface area contributed by atoms with Crippen LogP contribution >= 0.6 is 0 Å². The molecule has 1 aromatic rings. The van der Waals surface area contributed by atoms with Gasteiger partial charge in [-0.1, -0.05) is 44.2 Å². The van der Waals surface area contributed by atoms with Crippen molar-refractivity contribution in [3.63, 3.8) is 0 Å². The summed E-state index contributed by atoms with van der Waals surface area (Å²) in [6, 6.07) is 9.53. The van der Waals surface area contributed by atoms with E-state index in [4.69, 9.17) is 5.73 Å². The fourth-order valence-corrected chi connectivity index (χ4v) is 3.80. The number of amides is 1. The van der Waals surface area contributed by atoms with Crippen molar-refractivity contribution in [2.24, 2.45) is 5.73 Å². The largest absolute Gasteiger partial charge is 0.337 e. The van der Waals surface area contributed by atoms with Gasteiger partial charge in [0, 0.05) is 26.2 Å². The molecule has 0 bridgehead atoms. The maximum absolute atomic E-state index is 12.5. The summed E-state index contributed by atoms with van der Waals surface area (Å²) in [6.07, 6.45) is 0.643. The third kappa shape index (κ3) is 6.29. The third-order valence-corrected chi connectivity index (χ3v) is 5.52. The highest BCUT2D eigenvalue weighted by molar-refractivity contribution is 7.89. The lowest BCUT2D eigenvalue weighted by Gasteiger charge is -2.25. The van der Waals surface area contributed by atoms with Crippen LogP contribution in [0.2, 0.25) is 0 Å². The van der Waals surface area contributed by atoms with Crippen molar-refractivity contribution < 1.29 is 13.2 Å². The smallest absolute Gasteiger partial charge is 0.239 e. The molecular weight excluding hydrogens is 314 g/mol. The van der Waals surface area contributed by atoms with Crippen LogP contribution in [0.5, 0.6) is 0 Å². The van der Waals surface area contributed by atoms with Gasteiger partial charge in [-0.15, -0.1) is 0 Å². The van der Waals surface area contributed by atoms with Crippen molar-refractivity contribution in [2.45, 2.75) is 26.8 Å². The number of carbonyl (C=O) groups excluding carboxylic acids is 1. The van der Waals surface area contributed by atoms with Gasteiger partial charge in [0.25, 0.3) is 0 Å². The summed E-state index contributed by atoms with van der Waals surface area (Å²) in [4.78, 5) is 14.1. The van der Waals surface area contributed by atoms with E-state index >= 15 is 0 Å². The van der Waals surface area contributed by atoms with Gasteiger partial charge in [0.2, 0.25) is 15.9 Å². The van der Waals surface area contributed by atoms with Crippen LogP contribution in [0.25, 0.3) is 0 Å². The molecule has 7 heteroatoms. The molecule has 0 spiro atoms. The molecule has 0 aliphatic rings. The molecule has 0 radical (unpaired) electrons. The Balaban J connectivity index is 2.83. The molecule has 0 atom stereocenters. The lowest BCUT2D eigenvalue weighted by atomic mass is 10.2. The van der Waals surface area contributed by atoms with Gasteiger partial charge in [-0.2, -0.15) is 0 Å². The first kappa shape index (κ1) is 19.6. The molecule has 2 N–H and O–H groups in total. The minimum absolute atomic E-state index is 0.369. The molecule has 1 amide bonds. The van der Waals surface area contributed by atoms with Crippen molar-refractivity contribution in [2.75, 3.05) is 31.9 Å². The molecule has 0 heterocycles. The molecule has 0 fully saturated rings. The predicted molar refractivity (Wildman–Crippen MR) is 92.2 cm³/mol. The minimum Gasteiger partial charge on any atom is -0.337 e. The molecule has 23 heavy (non-hydrogen) atoms. The van der Waals surface area contributed by atoms with Gasteiger partial charge < -0.3 is 10.6 Å². The van der Waals surface area contributed by atoms with Crippen molar-refractivity contribution in [1.82, 2.24) is 9.21 Å². The second-order valence-corrected chi connectivity index (χ2v) is 7.25. The average Bonchev–Trinajstić information content (AvgIpc) is 2.52. The fraction of sp³-hybridized carbons (Fsp3) is 0.562. The Hall–Kier alpha value is -1.44. The maximum atomic E-state index is 12.5. The zero-order valence-electron chi connectivity index (χ0n) is 13.9. The normalized spacial score (nSPS) is 11.7. The Labute approximate surface area is 139 Å². The fourth-order valence-electron chi connectivity index (χ4n) is 2.33. The molecule has 0 saturated carbocycles. The van der Waals surface area contributed by atoms with E-state index in [1.165, 1.54) is 4.31 Å². The van der Waals surface area contributed by atoms with E-state index in [2.05, 4.69) is 0 Å². The highest BCUT2D eigenvalue weighted by Gasteiger charge is 2.26. The van der Waals surface area contributed by atoms with E-state index in [0.717, 1.165) is 5.56 Å². The number of hydrogen-bond donors (Lipinski definition) is 1. The molecular formula is C16H27N3O3S. The minimum atomic E-state index is -3.57. The molecule has 130 valence electrons. The summed E-state index contributed by atoms with van der Waals surface area (Å²) in [6.45, 7) is 5.58. The number of nitrogens with two attached hydrogens (primary N) is 1. The average molecular weight is 341 g/mol. The molecule has 6 nitrogen and oxygen atoms in total. The summed E-state index contributed by atoms with van der Waals surface area (Å²) in [5.74, 6) is -0.874. The topological polar surface area (TPSA) is 83.7 Å². The quantitative estimate of drug-likeness (QED) is 0.689. The first-order chi connectivity index (χ1) is 10.9. The summed E-state index contributed by atoms with van der Waals surface area (Å²) in [5, 5.41) is 0. The molecule has 0 aromatic heterocycles. The van der Waals surface area contributed by atoms with Gasteiger partial charge >= 0.3 is 0 Å². The standard InChI is InChI=1S/C16H27N3O3S/c1-3-19(4-2)23(21,22)14-16(20)18(12-8-11-17)13-15-9-6-5-7-10-15/h5-7,9-10H,3-4,8,11-14,17H2,1-2H3. The Morgan fingerprint density at radius 2 is 1.74 bits per heavy atom. The van der Waals surface area contributed by atoms with Gasteiger partial charge in [-0.25, -0.2) is 12.7 Å². The van der Waals surface area contributed by atoms with Crippen molar-refractivity contribution in [3.8, 4) is 0 Å². The molecule has 0 aliphatic heterocycles. The van der Waals surface area contributed by atoms with Crippen molar-refractivity contribution >= 4 is 15.9 Å². The van der Waals surface area contributed by atoms with Crippen LogP contribution < -0.4 is 5.73 Å². The first-order valence-corrected chi connectivity index (χ1v) is 9.55. The van der Waals surface area contributed by atoms with E-state index in [-0.39, 0.29) is 5.91 Å². The second-order valence-electron chi connectivity index (χ2n) is 5.28. The Kier molecular flexibility index (Phi) is 8.22. The van der Waals surface area contributed by atoms with Crippen molar-refractivity contribution in [3.05, 3.63) is 35.9 Å². The molecule has 0 unspecified atom stereocenters. The van der Waals surface area contributed by atoms with Crippen LogP contribution in [0.15, 0.2) is 30.3 Å². The summed E-state index contributed by atoms with van der Waals surface area (Å²) < 4.78 is 25.9. The molecule has 0 saturated heterocycles. The lowest BCUT2D eigenvalue weighted by molar-refractivity contribution is -0.129. The van der Waals surface area contributed by atoms with Gasteiger partial charge in [-0.3, -0.25) is 4.79 Å². The maximum Gasteiger partial charge on any atom is 0.239 e. The SMILES string of the molecule is CCN(CC)S(=O)(=O)CC(=O)N(CCCN)Cc1ccccc1. The number of nitrogens with zero attached hydrogens (tertiary/aromatic N) is 2. The van der Waals surface area contributed by atoms with Crippen LogP contribution in [0, 0.1) is 0 Å². The van der Waals surface area contributed by atoms with E-state index in [9.17, 15) is 13.2 Å². The van der Waals surface area contributed by atoms with Gasteiger partial charge in [0.15, 0.2) is 0 Å². The number of sulfonamides is 1. The van der Waals surface area contributed by atoms with Gasteiger partial charge in [-0.05, 0) is 18.5 Å². The molecule has 1 rings (SSSR count). The monoisotopic (exact) mass is 341 g/mol. The highest BCUT2D eigenvalue weighted by Crippen LogP contribution is 2.08. The Morgan fingerprint density at radius 3 is 2.26 bits per heavy atom. The Bertz CT molecular complexity index is 571. The zero-order valence-corrected chi connectivity index (χ0v) is 14.8. The van der Waals surface area contributed by atoms with Crippen LogP contribution in [-0.4, -0.2) is 55.5 Å². The number of rotatable bonds is 10. The lowest BCUT2D eigenvalue weighted by Crippen LogP contribution is -2.41. The van der Waals surface area contributed by atoms with E-state index in [0.29, 0.717) is 39.1 Å². The summed E-state index contributed by atoms with van der Waals surface area (Å²) in [7, 11) is -3.57. The number of carbonyl (C=O) groups is 1. The van der Waals surface area contributed by atoms with Gasteiger partial charge in [0.05, 0.1) is 0 Å². The van der Waals surface area contributed by atoms with E-state index in [1.807, 2.05) is 30.3 Å². The van der Waals surface area contributed by atoms with Crippen LogP contribution in [0.3, 0.4) is 0 Å². The third-order valence-electron chi connectivity index (χ3n) is 3.61. The van der Waals surface area contributed by atoms with Crippen LogP contribution in [0.1, 0.15) is 25.8 Å². The Morgan fingerprint density at radius 1 is 1.13 bits per heavy atom. The van der Waals surface area contributed by atoms with E-state index in [1.54, 1.807) is 18.7 Å². The number of hydrogen-bond acceptors (Lipinski definition) is 4. The van der Waals surface area contributed by atoms with Gasteiger partial charge in [0.1, 0.15) is 5.75 Å². The zero-order chi connectivity index (χ0) is 17.3. The van der Waals surface area contributed by atoms with E-state index < -0.39 is 15.8 Å². The predicted octanol–water partition coefficient (Wildman–Crippen LogP) is 1.04. The molecule has 0 aliphatic carbocycles. The second kappa shape index (κ2) is 9.64. The van der Waals surface area contributed by atoms with Crippen molar-refractivity contribution in [1.29, 1.82) is 0 Å². The summed E-state index contributed by atoms with van der Waals surface area (Å²) >= 11 is 0.